The summed E-state index contributed by atoms with van der Waals surface area (Å²) in [5.41, 5.74) is 1.26. The molecule has 0 radical (unpaired) electrons. The van der Waals surface area contributed by atoms with Crippen molar-refractivity contribution in [3.05, 3.63) is 28.2 Å². The van der Waals surface area contributed by atoms with E-state index in [2.05, 4.69) is 68.0 Å². The Labute approximate surface area is 126 Å². The maximum absolute atomic E-state index is 6.18. The van der Waals surface area contributed by atoms with Gasteiger partial charge in [0.1, 0.15) is 11.9 Å². The van der Waals surface area contributed by atoms with Crippen molar-refractivity contribution in [1.82, 2.24) is 5.32 Å². The molecule has 0 saturated heterocycles. The first kappa shape index (κ1) is 16.5. The number of ether oxygens (including phenoxy) is 1. The van der Waals surface area contributed by atoms with E-state index in [1.807, 2.05) is 6.07 Å². The Morgan fingerprint density at radius 2 is 1.89 bits per heavy atom. The molecule has 0 aliphatic rings. The van der Waals surface area contributed by atoms with Crippen LogP contribution in [-0.4, -0.2) is 18.7 Å². The molecule has 1 aromatic carbocycles. The van der Waals surface area contributed by atoms with E-state index in [1.165, 1.54) is 5.56 Å². The van der Waals surface area contributed by atoms with Gasteiger partial charge < -0.3 is 10.1 Å². The van der Waals surface area contributed by atoms with Gasteiger partial charge in [-0.15, -0.1) is 0 Å². The summed E-state index contributed by atoms with van der Waals surface area (Å²) in [6.45, 7) is 11.8. The van der Waals surface area contributed by atoms with Crippen molar-refractivity contribution in [2.45, 2.75) is 59.1 Å². The predicted octanol–water partition coefficient (Wildman–Crippen LogP) is 4.73. The number of benzene rings is 1. The smallest absolute Gasteiger partial charge is 0.123 e. The Balaban J connectivity index is 2.78. The lowest BCUT2D eigenvalue weighted by Gasteiger charge is -2.22. The monoisotopic (exact) mass is 327 g/mol. The summed E-state index contributed by atoms with van der Waals surface area (Å²) in [6, 6.07) is 6.76. The molecule has 2 nitrogen and oxygen atoms in total. The molecular formula is C16H26BrNO. The van der Waals surface area contributed by atoms with Crippen molar-refractivity contribution in [3.63, 3.8) is 0 Å². The SMILES string of the molecule is CCC(CNC(C)C)Oc1ccc(Br)cc1C(C)C. The van der Waals surface area contributed by atoms with Crippen LogP contribution >= 0.6 is 15.9 Å². The lowest BCUT2D eigenvalue weighted by Crippen LogP contribution is -2.35. The average Bonchev–Trinajstić information content (AvgIpc) is 2.35. The molecule has 108 valence electrons. The molecule has 0 aliphatic heterocycles. The van der Waals surface area contributed by atoms with Gasteiger partial charge in [-0.2, -0.15) is 0 Å². The minimum atomic E-state index is 0.223. The van der Waals surface area contributed by atoms with Crippen molar-refractivity contribution >= 4 is 15.9 Å². The van der Waals surface area contributed by atoms with Crippen molar-refractivity contribution in [1.29, 1.82) is 0 Å². The first-order valence-electron chi connectivity index (χ1n) is 7.13. The van der Waals surface area contributed by atoms with Gasteiger partial charge in [0.05, 0.1) is 0 Å². The van der Waals surface area contributed by atoms with Crippen molar-refractivity contribution < 1.29 is 4.74 Å². The van der Waals surface area contributed by atoms with E-state index in [0.29, 0.717) is 12.0 Å². The van der Waals surface area contributed by atoms with Crippen molar-refractivity contribution in [2.75, 3.05) is 6.54 Å². The summed E-state index contributed by atoms with van der Waals surface area (Å²) < 4.78 is 7.29. The zero-order chi connectivity index (χ0) is 14.4. The molecule has 1 unspecified atom stereocenters. The third-order valence-electron chi connectivity index (χ3n) is 3.10. The van der Waals surface area contributed by atoms with Gasteiger partial charge in [-0.1, -0.05) is 50.5 Å². The van der Waals surface area contributed by atoms with Crippen molar-refractivity contribution in [2.24, 2.45) is 0 Å². The topological polar surface area (TPSA) is 21.3 Å². The fraction of sp³-hybridized carbons (Fsp3) is 0.625. The van der Waals surface area contributed by atoms with E-state index in [0.717, 1.165) is 23.2 Å². The van der Waals surface area contributed by atoms with Gasteiger partial charge in [-0.3, -0.25) is 0 Å². The Hall–Kier alpha value is -0.540. The van der Waals surface area contributed by atoms with Gasteiger partial charge in [-0.25, -0.2) is 0 Å². The second-order valence-electron chi connectivity index (χ2n) is 5.55. The van der Waals surface area contributed by atoms with E-state index >= 15 is 0 Å². The molecule has 0 heterocycles. The Kier molecular flexibility index (Phi) is 6.87. The lowest BCUT2D eigenvalue weighted by atomic mass is 10.0. The molecule has 1 aromatic rings. The highest BCUT2D eigenvalue weighted by Gasteiger charge is 2.13. The minimum absolute atomic E-state index is 0.223. The molecule has 1 rings (SSSR count). The minimum Gasteiger partial charge on any atom is -0.489 e. The van der Waals surface area contributed by atoms with Crippen LogP contribution in [0.15, 0.2) is 22.7 Å². The molecule has 0 bridgehead atoms. The van der Waals surface area contributed by atoms with E-state index in [1.54, 1.807) is 0 Å². The molecule has 1 atom stereocenters. The molecule has 0 amide bonds. The first-order valence-corrected chi connectivity index (χ1v) is 7.92. The fourth-order valence-electron chi connectivity index (χ4n) is 1.89. The summed E-state index contributed by atoms with van der Waals surface area (Å²) in [6.07, 6.45) is 1.23. The van der Waals surface area contributed by atoms with Crippen LogP contribution in [0, 0.1) is 0 Å². The second kappa shape index (κ2) is 7.91. The van der Waals surface area contributed by atoms with Crippen LogP contribution < -0.4 is 10.1 Å². The number of halogens is 1. The molecule has 0 aromatic heterocycles. The third-order valence-corrected chi connectivity index (χ3v) is 3.59. The normalized spacial score (nSPS) is 13.1. The van der Waals surface area contributed by atoms with Gasteiger partial charge in [0.2, 0.25) is 0 Å². The summed E-state index contributed by atoms with van der Waals surface area (Å²) in [5, 5.41) is 3.44. The quantitative estimate of drug-likeness (QED) is 0.781. The largest absolute Gasteiger partial charge is 0.489 e. The highest BCUT2D eigenvalue weighted by molar-refractivity contribution is 9.10. The number of nitrogens with one attached hydrogen (secondary N) is 1. The summed E-state index contributed by atoms with van der Waals surface area (Å²) >= 11 is 3.53. The van der Waals surface area contributed by atoms with Crippen LogP contribution in [0.2, 0.25) is 0 Å². The van der Waals surface area contributed by atoms with Crippen LogP contribution in [0.1, 0.15) is 52.5 Å². The lowest BCUT2D eigenvalue weighted by molar-refractivity contribution is 0.188. The average molecular weight is 328 g/mol. The zero-order valence-electron chi connectivity index (χ0n) is 12.7. The van der Waals surface area contributed by atoms with Crippen LogP contribution in [0.25, 0.3) is 0 Å². The Bertz CT molecular complexity index is 390. The summed E-state index contributed by atoms with van der Waals surface area (Å²) in [4.78, 5) is 0. The molecule has 1 N–H and O–H groups in total. The van der Waals surface area contributed by atoms with E-state index < -0.39 is 0 Å². The molecule has 0 spiro atoms. The van der Waals surface area contributed by atoms with Crippen LogP contribution in [0.4, 0.5) is 0 Å². The molecule has 0 aliphatic carbocycles. The first-order chi connectivity index (χ1) is 8.93. The molecular weight excluding hydrogens is 302 g/mol. The van der Waals surface area contributed by atoms with Gasteiger partial charge in [0.25, 0.3) is 0 Å². The maximum Gasteiger partial charge on any atom is 0.123 e. The highest BCUT2D eigenvalue weighted by Crippen LogP contribution is 2.30. The van der Waals surface area contributed by atoms with E-state index in [-0.39, 0.29) is 6.10 Å². The van der Waals surface area contributed by atoms with Gasteiger partial charge in [-0.05, 0) is 36.1 Å². The molecule has 0 saturated carbocycles. The van der Waals surface area contributed by atoms with E-state index in [9.17, 15) is 0 Å². The van der Waals surface area contributed by atoms with Crippen LogP contribution in [0.3, 0.4) is 0 Å². The van der Waals surface area contributed by atoms with Gasteiger partial charge in [0, 0.05) is 17.1 Å². The maximum atomic E-state index is 6.18. The van der Waals surface area contributed by atoms with Crippen molar-refractivity contribution in [3.8, 4) is 5.75 Å². The summed E-state index contributed by atoms with van der Waals surface area (Å²) in [5.74, 6) is 1.47. The predicted molar refractivity (Wildman–Crippen MR) is 86.1 cm³/mol. The van der Waals surface area contributed by atoms with Gasteiger partial charge >= 0.3 is 0 Å². The number of hydrogen-bond acceptors (Lipinski definition) is 2. The number of hydrogen-bond donors (Lipinski definition) is 1. The fourth-order valence-corrected chi connectivity index (χ4v) is 2.27. The third kappa shape index (κ3) is 5.53. The number of rotatable bonds is 7. The molecule has 0 fully saturated rings. The highest BCUT2D eigenvalue weighted by atomic mass is 79.9. The van der Waals surface area contributed by atoms with Crippen LogP contribution in [-0.2, 0) is 0 Å². The Morgan fingerprint density at radius 1 is 1.21 bits per heavy atom. The Morgan fingerprint density at radius 3 is 2.42 bits per heavy atom. The molecule has 19 heavy (non-hydrogen) atoms. The zero-order valence-corrected chi connectivity index (χ0v) is 14.3. The van der Waals surface area contributed by atoms with Crippen LogP contribution in [0.5, 0.6) is 5.75 Å². The molecule has 3 heteroatoms. The van der Waals surface area contributed by atoms with Gasteiger partial charge in [0.15, 0.2) is 0 Å². The summed E-state index contributed by atoms with van der Waals surface area (Å²) in [7, 11) is 0. The standard InChI is InChI=1S/C16H26BrNO/c1-6-14(10-18-12(4)5)19-16-8-7-13(17)9-15(16)11(2)3/h7-9,11-12,14,18H,6,10H2,1-5H3. The van der Waals surface area contributed by atoms with E-state index in [4.69, 9.17) is 4.74 Å². The second-order valence-corrected chi connectivity index (χ2v) is 6.46.